The van der Waals surface area contributed by atoms with E-state index in [0.29, 0.717) is 19.9 Å². The molecular formula is C19H13ClN2OS2. The first-order valence-electron chi connectivity index (χ1n) is 7.63. The standard InChI is InChI=1S/C19H13ClN2OS2/c1-21-11-12(13-6-2-4-8-15(13)21)10-17-18(23)22(19(24)25-17)16-9-5-3-7-14(16)20/h2-11H,1H3/b17-10-. The van der Waals surface area contributed by atoms with Crippen LogP contribution in [0.4, 0.5) is 5.69 Å². The minimum absolute atomic E-state index is 0.143. The number of benzene rings is 2. The Morgan fingerprint density at radius 2 is 1.84 bits per heavy atom. The molecule has 0 N–H and O–H groups in total. The normalized spacial score (nSPS) is 16.4. The topological polar surface area (TPSA) is 25.2 Å². The number of amides is 1. The summed E-state index contributed by atoms with van der Waals surface area (Å²) in [6.07, 6.45) is 3.92. The van der Waals surface area contributed by atoms with E-state index in [1.807, 2.05) is 43.6 Å². The highest BCUT2D eigenvalue weighted by Crippen LogP contribution is 2.39. The zero-order valence-corrected chi connectivity index (χ0v) is 15.7. The van der Waals surface area contributed by atoms with Crippen molar-refractivity contribution in [3.05, 3.63) is 70.2 Å². The van der Waals surface area contributed by atoms with Crippen LogP contribution in [0, 0.1) is 0 Å². The lowest BCUT2D eigenvalue weighted by molar-refractivity contribution is -0.113. The Hall–Kier alpha value is -2.08. The molecule has 2 heterocycles. The van der Waals surface area contributed by atoms with E-state index in [4.69, 9.17) is 23.8 Å². The number of carbonyl (C=O) groups excluding carboxylic acids is 1. The molecule has 0 aliphatic carbocycles. The van der Waals surface area contributed by atoms with Gasteiger partial charge in [0.1, 0.15) is 0 Å². The summed E-state index contributed by atoms with van der Waals surface area (Å²) in [6.45, 7) is 0. The van der Waals surface area contributed by atoms with E-state index in [0.717, 1.165) is 16.5 Å². The fourth-order valence-corrected chi connectivity index (χ4v) is 4.43. The highest BCUT2D eigenvalue weighted by molar-refractivity contribution is 8.27. The highest BCUT2D eigenvalue weighted by atomic mass is 35.5. The molecule has 0 atom stereocenters. The zero-order chi connectivity index (χ0) is 17.6. The fraction of sp³-hybridized carbons (Fsp3) is 0.0526. The smallest absolute Gasteiger partial charge is 0.270 e. The van der Waals surface area contributed by atoms with Crippen LogP contribution in [0.15, 0.2) is 59.6 Å². The van der Waals surface area contributed by atoms with Crippen LogP contribution in [0.1, 0.15) is 5.56 Å². The van der Waals surface area contributed by atoms with Gasteiger partial charge in [-0.1, -0.05) is 65.9 Å². The lowest BCUT2D eigenvalue weighted by atomic mass is 10.1. The Kier molecular flexibility index (Phi) is 4.15. The maximum absolute atomic E-state index is 12.9. The molecule has 0 unspecified atom stereocenters. The zero-order valence-electron chi connectivity index (χ0n) is 13.3. The van der Waals surface area contributed by atoms with Crippen LogP contribution < -0.4 is 4.90 Å². The van der Waals surface area contributed by atoms with Crippen molar-refractivity contribution >= 4 is 68.5 Å². The first-order valence-corrected chi connectivity index (χ1v) is 9.23. The highest BCUT2D eigenvalue weighted by Gasteiger charge is 2.34. The van der Waals surface area contributed by atoms with Gasteiger partial charge in [0, 0.05) is 29.7 Å². The van der Waals surface area contributed by atoms with Gasteiger partial charge in [0.15, 0.2) is 4.32 Å². The quantitative estimate of drug-likeness (QED) is 0.446. The third kappa shape index (κ3) is 2.78. The summed E-state index contributed by atoms with van der Waals surface area (Å²) in [5.74, 6) is -0.143. The largest absolute Gasteiger partial charge is 0.350 e. The number of hydrogen-bond acceptors (Lipinski definition) is 3. The van der Waals surface area contributed by atoms with Gasteiger partial charge < -0.3 is 4.57 Å². The Balaban J connectivity index is 1.77. The molecule has 25 heavy (non-hydrogen) atoms. The van der Waals surface area contributed by atoms with Gasteiger partial charge in [-0.2, -0.15) is 0 Å². The van der Waals surface area contributed by atoms with Gasteiger partial charge in [-0.25, -0.2) is 0 Å². The molecule has 2 aromatic carbocycles. The second-order valence-corrected chi connectivity index (χ2v) is 7.76. The van der Waals surface area contributed by atoms with Crippen molar-refractivity contribution in [3.63, 3.8) is 0 Å². The van der Waals surface area contributed by atoms with Crippen molar-refractivity contribution < 1.29 is 4.79 Å². The van der Waals surface area contributed by atoms with Crippen LogP contribution in [0.5, 0.6) is 0 Å². The number of aromatic nitrogens is 1. The van der Waals surface area contributed by atoms with Crippen molar-refractivity contribution in [1.82, 2.24) is 4.57 Å². The number of aryl methyl sites for hydroxylation is 1. The Morgan fingerprint density at radius 1 is 1.12 bits per heavy atom. The first-order chi connectivity index (χ1) is 12.1. The SMILES string of the molecule is Cn1cc(/C=C2\SC(=S)N(c3ccccc3Cl)C2=O)c2ccccc21. The molecule has 6 heteroatoms. The van der Waals surface area contributed by atoms with Gasteiger partial charge in [0.25, 0.3) is 5.91 Å². The maximum Gasteiger partial charge on any atom is 0.270 e. The number of anilines is 1. The molecular weight excluding hydrogens is 372 g/mol. The average Bonchev–Trinajstić information content (AvgIpc) is 3.06. The molecule has 3 aromatic rings. The van der Waals surface area contributed by atoms with Crippen molar-refractivity contribution in [1.29, 1.82) is 0 Å². The van der Waals surface area contributed by atoms with Crippen LogP contribution in [0.3, 0.4) is 0 Å². The number of nitrogens with zero attached hydrogens (tertiary/aromatic N) is 2. The minimum atomic E-state index is -0.143. The Bertz CT molecular complexity index is 1050. The lowest BCUT2D eigenvalue weighted by Gasteiger charge is -2.15. The van der Waals surface area contributed by atoms with Crippen molar-refractivity contribution in [2.45, 2.75) is 0 Å². The molecule has 1 amide bonds. The van der Waals surface area contributed by atoms with Gasteiger partial charge in [-0.05, 0) is 24.3 Å². The molecule has 0 radical (unpaired) electrons. The average molecular weight is 385 g/mol. The second kappa shape index (κ2) is 6.33. The van der Waals surface area contributed by atoms with E-state index in [9.17, 15) is 4.79 Å². The fourth-order valence-electron chi connectivity index (χ4n) is 2.94. The molecule has 0 saturated carbocycles. The summed E-state index contributed by atoms with van der Waals surface area (Å²) in [7, 11) is 1.99. The molecule has 0 spiro atoms. The predicted molar refractivity (Wildman–Crippen MR) is 110 cm³/mol. The van der Waals surface area contributed by atoms with E-state index in [-0.39, 0.29) is 5.91 Å². The van der Waals surface area contributed by atoms with E-state index in [1.54, 1.807) is 12.1 Å². The monoisotopic (exact) mass is 384 g/mol. The van der Waals surface area contributed by atoms with Gasteiger partial charge in [-0.15, -0.1) is 0 Å². The van der Waals surface area contributed by atoms with Gasteiger partial charge in [-0.3, -0.25) is 9.69 Å². The first kappa shape index (κ1) is 16.4. The summed E-state index contributed by atoms with van der Waals surface area (Å²) in [6, 6.07) is 15.3. The van der Waals surface area contributed by atoms with Crippen molar-refractivity contribution in [2.75, 3.05) is 4.90 Å². The second-order valence-electron chi connectivity index (χ2n) is 5.68. The molecule has 0 bridgehead atoms. The van der Waals surface area contributed by atoms with E-state index < -0.39 is 0 Å². The number of carbonyl (C=O) groups is 1. The number of thioether (sulfide) groups is 1. The molecule has 1 aliphatic heterocycles. The van der Waals surface area contributed by atoms with Crippen LogP contribution in [-0.4, -0.2) is 14.8 Å². The minimum Gasteiger partial charge on any atom is -0.350 e. The van der Waals surface area contributed by atoms with Crippen LogP contribution in [0.25, 0.3) is 17.0 Å². The third-order valence-corrected chi connectivity index (χ3v) is 5.72. The summed E-state index contributed by atoms with van der Waals surface area (Å²) in [5.41, 5.74) is 2.74. The summed E-state index contributed by atoms with van der Waals surface area (Å²) < 4.78 is 2.54. The number of halogens is 1. The molecule has 1 saturated heterocycles. The van der Waals surface area contributed by atoms with Gasteiger partial charge in [0.05, 0.1) is 15.6 Å². The van der Waals surface area contributed by atoms with Crippen LogP contribution in [0.2, 0.25) is 5.02 Å². The predicted octanol–water partition coefficient (Wildman–Crippen LogP) is 5.24. The lowest BCUT2D eigenvalue weighted by Crippen LogP contribution is -2.27. The number of fused-ring (bicyclic) bond motifs is 1. The number of hydrogen-bond donors (Lipinski definition) is 0. The number of thiocarbonyl (C=S) groups is 1. The molecule has 1 aromatic heterocycles. The maximum atomic E-state index is 12.9. The summed E-state index contributed by atoms with van der Waals surface area (Å²) >= 11 is 13.0. The molecule has 3 nitrogen and oxygen atoms in total. The Labute approximate surface area is 159 Å². The molecule has 124 valence electrons. The van der Waals surface area contributed by atoms with E-state index >= 15 is 0 Å². The van der Waals surface area contributed by atoms with E-state index in [1.165, 1.54) is 16.7 Å². The summed E-state index contributed by atoms with van der Waals surface area (Å²) in [5, 5.41) is 1.61. The van der Waals surface area contributed by atoms with Crippen LogP contribution in [-0.2, 0) is 11.8 Å². The molecule has 1 aliphatic rings. The molecule has 4 rings (SSSR count). The van der Waals surface area contributed by atoms with E-state index in [2.05, 4.69) is 16.7 Å². The third-order valence-electron chi connectivity index (χ3n) is 4.10. The van der Waals surface area contributed by atoms with Gasteiger partial charge in [0.2, 0.25) is 0 Å². The number of para-hydroxylation sites is 2. The summed E-state index contributed by atoms with van der Waals surface area (Å²) in [4.78, 5) is 15.0. The van der Waals surface area contributed by atoms with Crippen molar-refractivity contribution in [3.8, 4) is 0 Å². The van der Waals surface area contributed by atoms with Crippen molar-refractivity contribution in [2.24, 2.45) is 7.05 Å². The Morgan fingerprint density at radius 3 is 2.64 bits per heavy atom. The molecule has 1 fully saturated rings. The number of rotatable bonds is 2. The van der Waals surface area contributed by atoms with Crippen LogP contribution >= 0.6 is 35.6 Å². The van der Waals surface area contributed by atoms with Gasteiger partial charge >= 0.3 is 0 Å².